The maximum atomic E-state index is 11.7. The first-order valence-electron chi connectivity index (χ1n) is 11.3. The van der Waals surface area contributed by atoms with Crippen molar-refractivity contribution in [2.24, 2.45) is 11.8 Å². The van der Waals surface area contributed by atoms with Gasteiger partial charge >= 0.3 is 113 Å². The summed E-state index contributed by atoms with van der Waals surface area (Å²) in [4.78, 5) is 20.2. The van der Waals surface area contributed by atoms with E-state index in [9.17, 15) is 9.90 Å². The van der Waals surface area contributed by atoms with E-state index in [-0.39, 0.29) is 58.0 Å². The third-order valence-corrected chi connectivity index (χ3v) is 8.48. The molecule has 1 N–H and O–H groups in total. The Balaban J connectivity index is 0.000000239. The van der Waals surface area contributed by atoms with Crippen LogP contribution in [0.5, 0.6) is 0 Å². The zero-order valence-corrected chi connectivity index (χ0v) is 24.7. The van der Waals surface area contributed by atoms with Gasteiger partial charge in [-0.25, -0.2) is 0 Å². The van der Waals surface area contributed by atoms with E-state index in [1.54, 1.807) is 6.33 Å². The van der Waals surface area contributed by atoms with Crippen LogP contribution in [-0.4, -0.2) is 44.1 Å². The van der Waals surface area contributed by atoms with Gasteiger partial charge in [-0.15, -0.1) is 0 Å². The second-order valence-electron chi connectivity index (χ2n) is 7.71. The van der Waals surface area contributed by atoms with Crippen LogP contribution in [0.3, 0.4) is 0 Å². The first-order valence-corrected chi connectivity index (χ1v) is 13.7. The van der Waals surface area contributed by atoms with Gasteiger partial charge in [-0.2, -0.15) is 0 Å². The Bertz CT molecular complexity index is 1200. The molecule has 0 amide bonds. The van der Waals surface area contributed by atoms with E-state index < -0.39 is 0 Å². The molecule has 0 aliphatic rings. The molecule has 183 valence electrons. The summed E-state index contributed by atoms with van der Waals surface area (Å²) in [7, 11) is 0. The van der Waals surface area contributed by atoms with Crippen molar-refractivity contribution < 1.29 is 30.0 Å². The number of allylic oxidation sites excluding steroid dienone is 2. The molecule has 0 fully saturated rings. The van der Waals surface area contributed by atoms with Crippen molar-refractivity contribution in [2.45, 2.75) is 53.4 Å². The molecule has 0 aliphatic carbocycles. The summed E-state index contributed by atoms with van der Waals surface area (Å²) in [6.45, 7) is 8.07. The van der Waals surface area contributed by atoms with Crippen LogP contribution in [0.15, 0.2) is 42.4 Å². The molecule has 9 heteroatoms. The number of aromatic nitrogens is 4. The molecule has 0 spiro atoms. The number of benzene rings is 1. The zero-order chi connectivity index (χ0) is 23.8. The van der Waals surface area contributed by atoms with Crippen LogP contribution in [0, 0.1) is 17.9 Å². The Morgan fingerprint density at radius 1 is 1.06 bits per heavy atom. The van der Waals surface area contributed by atoms with Crippen molar-refractivity contribution in [2.75, 3.05) is 0 Å². The van der Waals surface area contributed by atoms with E-state index >= 15 is 0 Å². The molecular formula is C25H29IrN4O2SSe-. The summed E-state index contributed by atoms with van der Waals surface area (Å²) < 4.78 is 10.9. The number of aliphatic hydroxyl groups is 1. The first-order chi connectivity index (χ1) is 16.0. The minimum atomic E-state index is 0. The van der Waals surface area contributed by atoms with Gasteiger partial charge in [0.15, 0.2) is 5.78 Å². The van der Waals surface area contributed by atoms with Crippen molar-refractivity contribution in [1.29, 1.82) is 0 Å². The fourth-order valence-corrected chi connectivity index (χ4v) is 6.20. The van der Waals surface area contributed by atoms with Gasteiger partial charge in [-0.3, -0.25) is 4.79 Å². The number of nitrogens with zero attached hydrogens (tertiary/aromatic N) is 4. The Morgan fingerprint density at radius 3 is 2.38 bits per heavy atom. The van der Waals surface area contributed by atoms with Crippen LogP contribution >= 0.6 is 11.7 Å². The molecule has 3 heterocycles. The van der Waals surface area contributed by atoms with Crippen LogP contribution in [0.2, 0.25) is 0 Å². The minimum absolute atomic E-state index is 0. The summed E-state index contributed by atoms with van der Waals surface area (Å²) in [5.74, 6) is 0.547. The van der Waals surface area contributed by atoms with Gasteiger partial charge in [0.25, 0.3) is 0 Å². The third kappa shape index (κ3) is 6.89. The van der Waals surface area contributed by atoms with E-state index in [2.05, 4.69) is 43.0 Å². The fourth-order valence-electron chi connectivity index (χ4n) is 3.59. The Labute approximate surface area is 224 Å². The molecular weight excluding hydrogens is 692 g/mol. The third-order valence-electron chi connectivity index (χ3n) is 5.71. The normalized spacial score (nSPS) is 11.5. The second-order valence-corrected chi connectivity index (χ2v) is 10.4. The molecule has 4 aromatic rings. The quantitative estimate of drug-likeness (QED) is 0.104. The molecule has 0 saturated carbocycles. The zero-order valence-electron chi connectivity index (χ0n) is 19.7. The molecule has 34 heavy (non-hydrogen) atoms. The van der Waals surface area contributed by atoms with Gasteiger partial charge < -0.3 is 5.11 Å². The van der Waals surface area contributed by atoms with Crippen LogP contribution in [0.1, 0.15) is 53.4 Å². The number of aliphatic hydroxyl groups excluding tert-OH is 1. The molecule has 0 atom stereocenters. The molecule has 0 saturated heterocycles. The summed E-state index contributed by atoms with van der Waals surface area (Å²) in [5.41, 5.74) is 2.34. The van der Waals surface area contributed by atoms with Gasteiger partial charge in [0, 0.05) is 38.0 Å². The molecule has 6 nitrogen and oxygen atoms in total. The molecule has 0 aliphatic heterocycles. The summed E-state index contributed by atoms with van der Waals surface area (Å²) >= 11 is 1.41. The molecule has 1 aromatic carbocycles. The van der Waals surface area contributed by atoms with E-state index in [4.69, 9.17) is 0 Å². The number of carbonyl (C=O) groups excluding carboxylic acids is 1. The van der Waals surface area contributed by atoms with E-state index in [1.165, 1.54) is 27.5 Å². The molecule has 1 radical (unpaired) electrons. The van der Waals surface area contributed by atoms with Crippen molar-refractivity contribution >= 4 is 52.8 Å². The van der Waals surface area contributed by atoms with Crippen LogP contribution in [0.25, 0.3) is 30.9 Å². The van der Waals surface area contributed by atoms with Crippen LogP contribution in [0.4, 0.5) is 0 Å². The number of ketones is 1. The fraction of sp³-hybridized carbons (Fsp3) is 0.400. The summed E-state index contributed by atoms with van der Waals surface area (Å²) in [6, 6.07) is 11.7. The Morgan fingerprint density at radius 2 is 1.74 bits per heavy atom. The molecule has 0 unspecified atom stereocenters. The average molecular weight is 721 g/mol. The first kappa shape index (κ1) is 28.5. The SMILES string of the molecule is CCC(CC)C(=O)/C=C(\O)C(CC)CC.[Ir].[c-]1c(-c2ncnc3nsnc23)[se]c2ccccc12. The van der Waals surface area contributed by atoms with Gasteiger partial charge in [0.2, 0.25) is 0 Å². The van der Waals surface area contributed by atoms with Gasteiger partial charge in [0.05, 0.1) is 5.76 Å². The van der Waals surface area contributed by atoms with Crippen molar-refractivity contribution in [3.05, 3.63) is 48.5 Å². The monoisotopic (exact) mass is 722 g/mol. The topological polar surface area (TPSA) is 88.9 Å². The summed E-state index contributed by atoms with van der Waals surface area (Å²) in [6.07, 6.45) is 6.45. The molecule has 3 aromatic heterocycles. The summed E-state index contributed by atoms with van der Waals surface area (Å²) in [5, 5.41) is 10.9. The average Bonchev–Trinajstić information content (AvgIpc) is 3.48. The predicted molar refractivity (Wildman–Crippen MR) is 136 cm³/mol. The second kappa shape index (κ2) is 14.0. The van der Waals surface area contributed by atoms with Crippen molar-refractivity contribution in [3.63, 3.8) is 0 Å². The van der Waals surface area contributed by atoms with Gasteiger partial charge in [-0.05, 0) is 25.7 Å². The van der Waals surface area contributed by atoms with E-state index in [0.29, 0.717) is 5.65 Å². The number of rotatable bonds is 8. The van der Waals surface area contributed by atoms with Crippen molar-refractivity contribution in [1.82, 2.24) is 18.7 Å². The molecule has 4 rings (SSSR count). The number of carbonyl (C=O) groups is 1. The standard InChI is InChI=1S/C13H24O2.C12H5N4SSe.Ir/c1-5-10(6-2)12(14)9-13(15)11(7-3)8-4;1-2-4-8-7(3-1)5-9(18-8)10-11-12(14-6-13-10)16-17-15-11;/h9-11,14H,5-8H2,1-4H3;1-4,6H;/q;-1;/b12-9-;;. The number of hydrogen-bond donors (Lipinski definition) is 1. The van der Waals surface area contributed by atoms with E-state index in [1.807, 2.05) is 33.8 Å². The van der Waals surface area contributed by atoms with Gasteiger partial charge in [-0.1, -0.05) is 27.7 Å². The van der Waals surface area contributed by atoms with E-state index in [0.717, 1.165) is 41.3 Å². The Hall–Kier alpha value is -1.76. The Kier molecular flexibility index (Phi) is 11.7. The number of hydrogen-bond acceptors (Lipinski definition) is 7. The van der Waals surface area contributed by atoms with Crippen LogP contribution in [-0.2, 0) is 24.9 Å². The van der Waals surface area contributed by atoms with Gasteiger partial charge in [0.1, 0.15) is 0 Å². The predicted octanol–water partition coefficient (Wildman–Crippen LogP) is 6.03. The van der Waals surface area contributed by atoms with Crippen LogP contribution < -0.4 is 0 Å². The van der Waals surface area contributed by atoms with Crippen molar-refractivity contribution in [3.8, 4) is 10.1 Å². The number of fused-ring (bicyclic) bond motifs is 2. The maximum absolute atomic E-state index is 11.7. The molecule has 0 bridgehead atoms.